The van der Waals surface area contributed by atoms with Gasteiger partial charge < -0.3 is 20.1 Å². The van der Waals surface area contributed by atoms with Crippen LogP contribution in [0.2, 0.25) is 0 Å². The Kier molecular flexibility index (Phi) is 8.68. The fourth-order valence-corrected chi connectivity index (χ4v) is 4.87. The van der Waals surface area contributed by atoms with Crippen LogP contribution >= 0.6 is 0 Å². The summed E-state index contributed by atoms with van der Waals surface area (Å²) in [5.74, 6) is -3.24. The molecule has 2 rings (SSSR count). The van der Waals surface area contributed by atoms with E-state index in [1.54, 1.807) is 6.92 Å². The van der Waals surface area contributed by atoms with Crippen molar-refractivity contribution in [3.63, 3.8) is 0 Å². The van der Waals surface area contributed by atoms with Crippen LogP contribution in [-0.4, -0.2) is 45.6 Å². The second kappa shape index (κ2) is 10.6. The van der Waals surface area contributed by atoms with E-state index in [-0.39, 0.29) is 36.1 Å². The van der Waals surface area contributed by atoms with E-state index in [2.05, 4.69) is 13.0 Å². The Labute approximate surface area is 180 Å². The zero-order valence-electron chi connectivity index (χ0n) is 18.8. The van der Waals surface area contributed by atoms with Gasteiger partial charge in [0, 0.05) is 12.3 Å². The van der Waals surface area contributed by atoms with Crippen LogP contribution in [0.15, 0.2) is 23.8 Å². The smallest absolute Gasteiger partial charge is 0.309 e. The van der Waals surface area contributed by atoms with E-state index in [9.17, 15) is 24.9 Å². The number of carboxylic acids is 1. The van der Waals surface area contributed by atoms with Gasteiger partial charge in [-0.1, -0.05) is 52.8 Å². The third-order valence-corrected chi connectivity index (χ3v) is 6.86. The first-order valence-corrected chi connectivity index (χ1v) is 11.3. The van der Waals surface area contributed by atoms with Crippen molar-refractivity contribution in [3.8, 4) is 0 Å². The van der Waals surface area contributed by atoms with E-state index in [0.29, 0.717) is 19.3 Å². The van der Waals surface area contributed by atoms with Crippen LogP contribution in [0.1, 0.15) is 60.3 Å². The second-order valence-electron chi connectivity index (χ2n) is 9.21. The third kappa shape index (κ3) is 5.52. The van der Waals surface area contributed by atoms with Gasteiger partial charge in [0.05, 0.1) is 24.0 Å². The number of fused-ring (bicyclic) bond motifs is 1. The molecule has 6 nitrogen and oxygen atoms in total. The van der Waals surface area contributed by atoms with Gasteiger partial charge in [0.15, 0.2) is 0 Å². The summed E-state index contributed by atoms with van der Waals surface area (Å²) in [6, 6.07) is 0. The quantitative estimate of drug-likeness (QED) is 0.491. The van der Waals surface area contributed by atoms with Gasteiger partial charge in [0.1, 0.15) is 6.10 Å². The maximum absolute atomic E-state index is 12.6. The van der Waals surface area contributed by atoms with Gasteiger partial charge in [-0.2, -0.15) is 0 Å². The van der Waals surface area contributed by atoms with E-state index in [1.165, 1.54) is 0 Å². The highest BCUT2D eigenvalue weighted by Crippen LogP contribution is 2.47. The summed E-state index contributed by atoms with van der Waals surface area (Å²) in [5.41, 5.74) is 0.980. The summed E-state index contributed by atoms with van der Waals surface area (Å²) < 4.78 is 5.94. The molecule has 0 aromatic rings. The summed E-state index contributed by atoms with van der Waals surface area (Å²) in [6.45, 7) is 9.58. The molecule has 0 spiro atoms. The molecule has 0 saturated heterocycles. The van der Waals surface area contributed by atoms with Crippen LogP contribution in [-0.2, 0) is 14.3 Å². The Balaban J connectivity index is 2.42. The molecular formula is C24H38O6. The van der Waals surface area contributed by atoms with Gasteiger partial charge in [-0.25, -0.2) is 0 Å². The van der Waals surface area contributed by atoms with Gasteiger partial charge in [-0.3, -0.25) is 9.59 Å². The maximum Gasteiger partial charge on any atom is 0.309 e. The van der Waals surface area contributed by atoms with Crippen molar-refractivity contribution in [1.82, 2.24) is 0 Å². The minimum atomic E-state index is -1.18. The number of rotatable bonds is 9. The molecule has 170 valence electrons. The lowest BCUT2D eigenvalue weighted by Crippen LogP contribution is -2.49. The first-order chi connectivity index (χ1) is 14.1. The fourth-order valence-electron chi connectivity index (χ4n) is 4.87. The molecule has 0 amide bonds. The molecule has 0 heterocycles. The molecule has 0 aromatic heterocycles. The van der Waals surface area contributed by atoms with E-state index in [4.69, 9.17) is 4.74 Å². The largest absolute Gasteiger partial charge is 0.481 e. The summed E-state index contributed by atoms with van der Waals surface area (Å²) in [5, 5.41) is 30.8. The van der Waals surface area contributed by atoms with Crippen LogP contribution in [0.5, 0.6) is 0 Å². The number of hydrogen-bond acceptors (Lipinski definition) is 5. The highest BCUT2D eigenvalue weighted by molar-refractivity contribution is 5.73. The van der Waals surface area contributed by atoms with Crippen molar-refractivity contribution in [2.75, 3.05) is 0 Å². The predicted molar refractivity (Wildman–Crippen MR) is 115 cm³/mol. The molecule has 9 atom stereocenters. The molecule has 0 saturated carbocycles. The number of esters is 1. The van der Waals surface area contributed by atoms with E-state index in [0.717, 1.165) is 5.57 Å². The zero-order valence-corrected chi connectivity index (χ0v) is 18.8. The second-order valence-corrected chi connectivity index (χ2v) is 9.21. The molecule has 0 bridgehead atoms. The van der Waals surface area contributed by atoms with Crippen molar-refractivity contribution in [1.29, 1.82) is 0 Å². The first kappa shape index (κ1) is 24.6. The number of aliphatic carboxylic acids is 1. The van der Waals surface area contributed by atoms with Crippen LogP contribution in [0.25, 0.3) is 0 Å². The minimum Gasteiger partial charge on any atom is -0.481 e. The SMILES string of the molecule is CCC(O)CC(O)C(C(=O)O)C1C(C)C=CC2=CC(C)CC(OC(=O)C(C)CC)C21. The number of carbonyl (C=O) groups excluding carboxylic acids is 1. The molecule has 2 aliphatic carbocycles. The minimum absolute atomic E-state index is 0.0138. The van der Waals surface area contributed by atoms with Gasteiger partial charge in [-0.05, 0) is 42.6 Å². The molecule has 0 aliphatic heterocycles. The standard InChI is InChI=1S/C24H38O6/c1-6-14(4)24(29)30-19-11-13(3)10-16-9-8-15(5)20(21(16)19)22(23(27)28)18(26)12-17(25)7-2/h8-10,13-15,17-22,25-26H,6-7,11-12H2,1-5H3,(H,27,28). The van der Waals surface area contributed by atoms with Crippen LogP contribution in [0, 0.1) is 35.5 Å². The lowest BCUT2D eigenvalue weighted by atomic mass is 9.61. The number of aliphatic hydroxyl groups is 2. The van der Waals surface area contributed by atoms with Crippen LogP contribution in [0.4, 0.5) is 0 Å². The average molecular weight is 423 g/mol. The molecule has 0 fully saturated rings. The van der Waals surface area contributed by atoms with Crippen LogP contribution in [0.3, 0.4) is 0 Å². The molecule has 30 heavy (non-hydrogen) atoms. The maximum atomic E-state index is 12.6. The van der Waals surface area contributed by atoms with Gasteiger partial charge in [0.25, 0.3) is 0 Å². The number of allylic oxidation sites excluding steroid dienone is 3. The van der Waals surface area contributed by atoms with Gasteiger partial charge in [0.2, 0.25) is 0 Å². The highest BCUT2D eigenvalue weighted by Gasteiger charge is 2.49. The normalized spacial score (nSPS) is 32.4. The fraction of sp³-hybridized carbons (Fsp3) is 0.750. The monoisotopic (exact) mass is 422 g/mol. The predicted octanol–water partition coefficient (Wildman–Crippen LogP) is 3.57. The topological polar surface area (TPSA) is 104 Å². The summed E-state index contributed by atoms with van der Waals surface area (Å²) in [7, 11) is 0. The van der Waals surface area contributed by atoms with Crippen LogP contribution < -0.4 is 0 Å². The molecular weight excluding hydrogens is 384 g/mol. The number of carboxylic acid groups (broad SMARTS) is 1. The summed E-state index contributed by atoms with van der Waals surface area (Å²) >= 11 is 0. The molecule has 9 unspecified atom stereocenters. The molecule has 6 heteroatoms. The zero-order chi connectivity index (χ0) is 22.6. The van der Waals surface area contributed by atoms with Crippen molar-refractivity contribution in [3.05, 3.63) is 23.8 Å². The summed E-state index contributed by atoms with van der Waals surface area (Å²) in [4.78, 5) is 24.9. The van der Waals surface area contributed by atoms with Crippen molar-refractivity contribution in [2.45, 2.75) is 78.6 Å². The Morgan fingerprint density at radius 1 is 1.20 bits per heavy atom. The lowest BCUT2D eigenvalue weighted by Gasteiger charge is -2.46. The number of aliphatic hydroxyl groups excluding tert-OH is 2. The molecule has 0 aromatic carbocycles. The van der Waals surface area contributed by atoms with Gasteiger partial charge >= 0.3 is 11.9 Å². The molecule has 2 aliphatic rings. The molecule has 0 radical (unpaired) electrons. The average Bonchev–Trinajstić information content (AvgIpc) is 2.68. The highest BCUT2D eigenvalue weighted by atomic mass is 16.5. The van der Waals surface area contributed by atoms with Crippen molar-refractivity contribution >= 4 is 11.9 Å². The Bertz CT molecular complexity index is 669. The van der Waals surface area contributed by atoms with E-state index >= 15 is 0 Å². The lowest BCUT2D eigenvalue weighted by molar-refractivity contribution is -0.162. The van der Waals surface area contributed by atoms with Crippen molar-refractivity contribution in [2.24, 2.45) is 35.5 Å². The Morgan fingerprint density at radius 2 is 1.87 bits per heavy atom. The van der Waals surface area contributed by atoms with E-state index < -0.39 is 36.1 Å². The number of carbonyl (C=O) groups is 2. The Morgan fingerprint density at radius 3 is 2.43 bits per heavy atom. The van der Waals surface area contributed by atoms with Crippen molar-refractivity contribution < 1.29 is 29.6 Å². The van der Waals surface area contributed by atoms with E-state index in [1.807, 2.05) is 32.9 Å². The van der Waals surface area contributed by atoms with Gasteiger partial charge in [-0.15, -0.1) is 0 Å². The summed E-state index contributed by atoms with van der Waals surface area (Å²) in [6.07, 6.45) is 5.54. The number of hydrogen-bond donors (Lipinski definition) is 3. The number of ether oxygens (including phenoxy) is 1. The third-order valence-electron chi connectivity index (χ3n) is 6.86. The molecule has 3 N–H and O–H groups in total. The first-order valence-electron chi connectivity index (χ1n) is 11.3. The Hall–Kier alpha value is -1.66.